The van der Waals surface area contributed by atoms with Gasteiger partial charge in [0.05, 0.1) is 22.7 Å². The molecule has 8 nitrogen and oxygen atoms in total. The molecule has 0 amide bonds. The van der Waals surface area contributed by atoms with Gasteiger partial charge in [0.1, 0.15) is 5.75 Å². The minimum atomic E-state index is -4.57. The third-order valence-electron chi connectivity index (χ3n) is 6.44. The van der Waals surface area contributed by atoms with Gasteiger partial charge in [0.15, 0.2) is 12.4 Å². The summed E-state index contributed by atoms with van der Waals surface area (Å²) in [5, 5.41) is 13.5. The molecule has 41 heavy (non-hydrogen) atoms. The number of para-hydroxylation sites is 1. The fourth-order valence-electron chi connectivity index (χ4n) is 4.52. The van der Waals surface area contributed by atoms with Gasteiger partial charge < -0.3 is 14.4 Å². The van der Waals surface area contributed by atoms with E-state index in [0.717, 1.165) is 33.9 Å². The van der Waals surface area contributed by atoms with Crippen LogP contribution in [0.3, 0.4) is 0 Å². The molecule has 0 fully saturated rings. The molecule has 2 aromatic heterocycles. The number of alkyl halides is 3. The predicted molar refractivity (Wildman–Crippen MR) is 148 cm³/mol. The predicted octanol–water partition coefficient (Wildman–Crippen LogP) is 5.84. The standard InChI is InChI=1S/C30H23F3N4O4/c1-18-14-21(19(2)36(18)23-10-12-24(13-11-23)41-17-27(38)39)16-34-37-28(20-6-5-7-22(15-20)30(31,32)33)35-26-9-4-3-8-25(26)29(37)40/h3-16H,17H2,1-2H3,(H,38,39). The molecule has 0 saturated carbocycles. The van der Waals surface area contributed by atoms with Crippen molar-refractivity contribution in [2.75, 3.05) is 6.61 Å². The summed E-state index contributed by atoms with van der Waals surface area (Å²) in [6, 6.07) is 19.9. The number of nitrogens with zero attached hydrogens (tertiary/aromatic N) is 4. The van der Waals surface area contributed by atoms with Crippen LogP contribution in [0.4, 0.5) is 13.2 Å². The maximum atomic E-state index is 13.5. The summed E-state index contributed by atoms with van der Waals surface area (Å²) < 4.78 is 48.5. The number of halogens is 3. The van der Waals surface area contributed by atoms with Gasteiger partial charge in [-0.3, -0.25) is 4.79 Å². The van der Waals surface area contributed by atoms with Crippen molar-refractivity contribution in [2.24, 2.45) is 5.10 Å². The lowest BCUT2D eigenvalue weighted by atomic mass is 10.1. The van der Waals surface area contributed by atoms with Crippen molar-refractivity contribution < 1.29 is 27.8 Å². The molecule has 0 aliphatic heterocycles. The second kappa shape index (κ2) is 10.8. The van der Waals surface area contributed by atoms with Crippen molar-refractivity contribution in [3.63, 3.8) is 0 Å². The number of aryl methyl sites for hydroxylation is 1. The van der Waals surface area contributed by atoms with E-state index in [-0.39, 0.29) is 16.8 Å². The second-order valence-electron chi connectivity index (χ2n) is 9.23. The van der Waals surface area contributed by atoms with E-state index < -0.39 is 29.9 Å². The molecule has 0 spiro atoms. The number of rotatable bonds is 7. The summed E-state index contributed by atoms with van der Waals surface area (Å²) in [4.78, 5) is 28.7. The number of carbonyl (C=O) groups is 1. The van der Waals surface area contributed by atoms with E-state index in [1.807, 2.05) is 24.5 Å². The molecule has 208 valence electrons. The van der Waals surface area contributed by atoms with Gasteiger partial charge in [-0.25, -0.2) is 9.78 Å². The van der Waals surface area contributed by atoms with Gasteiger partial charge >= 0.3 is 12.1 Å². The number of fused-ring (bicyclic) bond motifs is 1. The molecule has 1 N–H and O–H groups in total. The Morgan fingerprint density at radius 2 is 1.76 bits per heavy atom. The van der Waals surface area contributed by atoms with E-state index in [1.54, 1.807) is 48.5 Å². The first kappa shape index (κ1) is 27.4. The average molecular weight is 561 g/mol. The number of ether oxygens (including phenoxy) is 1. The quantitative estimate of drug-likeness (QED) is 0.253. The Morgan fingerprint density at radius 1 is 1.02 bits per heavy atom. The number of hydrogen-bond donors (Lipinski definition) is 1. The summed E-state index contributed by atoms with van der Waals surface area (Å²) in [6.45, 7) is 3.29. The van der Waals surface area contributed by atoms with Gasteiger partial charge in [0, 0.05) is 28.2 Å². The summed E-state index contributed by atoms with van der Waals surface area (Å²) in [5.41, 5.74) is 2.14. The SMILES string of the molecule is Cc1cc(C=Nn2c(-c3cccc(C(F)(F)F)c3)nc3ccccc3c2=O)c(C)n1-c1ccc(OCC(=O)O)cc1. The minimum Gasteiger partial charge on any atom is -0.482 e. The zero-order chi connectivity index (χ0) is 29.3. The van der Waals surface area contributed by atoms with Crippen molar-refractivity contribution in [3.8, 4) is 22.8 Å². The number of carboxylic acid groups (broad SMARTS) is 1. The van der Waals surface area contributed by atoms with Crippen LogP contribution < -0.4 is 10.3 Å². The van der Waals surface area contributed by atoms with Crippen LogP contribution in [0.25, 0.3) is 28.0 Å². The molecular formula is C30H23F3N4O4. The second-order valence-corrected chi connectivity index (χ2v) is 9.23. The number of aromatic nitrogens is 3. The van der Waals surface area contributed by atoms with E-state index >= 15 is 0 Å². The zero-order valence-corrected chi connectivity index (χ0v) is 21.9. The van der Waals surface area contributed by atoms with Crippen molar-refractivity contribution in [3.05, 3.63) is 112 Å². The van der Waals surface area contributed by atoms with Crippen LogP contribution in [0, 0.1) is 13.8 Å². The first-order chi connectivity index (χ1) is 19.5. The molecule has 5 rings (SSSR count). The molecule has 0 bridgehead atoms. The molecule has 0 radical (unpaired) electrons. The van der Waals surface area contributed by atoms with Crippen molar-refractivity contribution in [2.45, 2.75) is 20.0 Å². The van der Waals surface area contributed by atoms with Gasteiger partial charge in [-0.15, -0.1) is 0 Å². The molecule has 5 aromatic rings. The Balaban J connectivity index is 1.57. The first-order valence-electron chi connectivity index (χ1n) is 12.4. The summed E-state index contributed by atoms with van der Waals surface area (Å²) in [6.07, 6.45) is -3.10. The largest absolute Gasteiger partial charge is 0.482 e. The number of aliphatic carboxylic acids is 1. The minimum absolute atomic E-state index is 0.0261. The molecule has 0 aliphatic carbocycles. The lowest BCUT2D eigenvalue weighted by molar-refractivity contribution is -0.139. The zero-order valence-electron chi connectivity index (χ0n) is 21.9. The van der Waals surface area contributed by atoms with E-state index in [2.05, 4.69) is 10.1 Å². The highest BCUT2D eigenvalue weighted by Crippen LogP contribution is 2.32. The van der Waals surface area contributed by atoms with Crippen molar-refractivity contribution in [1.29, 1.82) is 0 Å². The summed E-state index contributed by atoms with van der Waals surface area (Å²) >= 11 is 0. The summed E-state index contributed by atoms with van der Waals surface area (Å²) in [5.74, 6) is -0.695. The fourth-order valence-corrected chi connectivity index (χ4v) is 4.52. The van der Waals surface area contributed by atoms with Crippen LogP contribution in [-0.4, -0.2) is 38.1 Å². The molecule has 3 aromatic carbocycles. The van der Waals surface area contributed by atoms with Gasteiger partial charge in [0.25, 0.3) is 5.56 Å². The van der Waals surface area contributed by atoms with Gasteiger partial charge in [-0.2, -0.15) is 22.9 Å². The Hall–Kier alpha value is -5.19. The van der Waals surface area contributed by atoms with Crippen LogP contribution in [0.5, 0.6) is 5.75 Å². The number of benzene rings is 3. The number of hydrogen-bond acceptors (Lipinski definition) is 5. The van der Waals surface area contributed by atoms with Crippen molar-refractivity contribution >= 4 is 23.1 Å². The number of carboxylic acids is 1. The maximum Gasteiger partial charge on any atom is 0.416 e. The smallest absolute Gasteiger partial charge is 0.416 e. The molecule has 0 aliphatic rings. The van der Waals surface area contributed by atoms with E-state index in [9.17, 15) is 22.8 Å². The van der Waals surface area contributed by atoms with E-state index in [0.29, 0.717) is 16.8 Å². The highest BCUT2D eigenvalue weighted by atomic mass is 19.4. The molecule has 11 heteroatoms. The topological polar surface area (TPSA) is 98.7 Å². The molecule has 2 heterocycles. The Morgan fingerprint density at radius 3 is 2.46 bits per heavy atom. The highest BCUT2D eigenvalue weighted by molar-refractivity contribution is 5.83. The first-order valence-corrected chi connectivity index (χ1v) is 12.4. The monoisotopic (exact) mass is 560 g/mol. The maximum absolute atomic E-state index is 13.5. The normalized spacial score (nSPS) is 11.8. The van der Waals surface area contributed by atoms with Gasteiger partial charge in [0.2, 0.25) is 0 Å². The van der Waals surface area contributed by atoms with Crippen LogP contribution >= 0.6 is 0 Å². The van der Waals surface area contributed by atoms with Crippen molar-refractivity contribution in [1.82, 2.24) is 14.2 Å². The van der Waals surface area contributed by atoms with Gasteiger partial charge in [-0.1, -0.05) is 24.3 Å². The summed E-state index contributed by atoms with van der Waals surface area (Å²) in [7, 11) is 0. The fraction of sp³-hybridized carbons (Fsp3) is 0.133. The Kier molecular flexibility index (Phi) is 7.19. The van der Waals surface area contributed by atoms with E-state index in [4.69, 9.17) is 9.84 Å². The Labute approximate surface area is 231 Å². The molecular weight excluding hydrogens is 537 g/mol. The van der Waals surface area contributed by atoms with Crippen LogP contribution in [0.1, 0.15) is 22.5 Å². The van der Waals surface area contributed by atoms with Crippen LogP contribution in [-0.2, 0) is 11.0 Å². The third-order valence-corrected chi connectivity index (χ3v) is 6.44. The third kappa shape index (κ3) is 5.60. The van der Waals surface area contributed by atoms with Crippen LogP contribution in [0.2, 0.25) is 0 Å². The average Bonchev–Trinajstić information content (AvgIpc) is 3.23. The van der Waals surface area contributed by atoms with Crippen LogP contribution in [0.15, 0.2) is 88.8 Å². The van der Waals surface area contributed by atoms with E-state index in [1.165, 1.54) is 18.3 Å². The molecule has 0 atom stereocenters. The molecule has 0 unspecified atom stereocenters. The van der Waals surface area contributed by atoms with Gasteiger partial charge in [-0.05, 0) is 68.4 Å². The lowest BCUT2D eigenvalue weighted by Gasteiger charge is -2.12. The molecule has 0 saturated heterocycles. The lowest BCUT2D eigenvalue weighted by Crippen LogP contribution is -2.20. The Bertz CT molecular complexity index is 1860. The highest BCUT2D eigenvalue weighted by Gasteiger charge is 2.31.